The predicted octanol–water partition coefficient (Wildman–Crippen LogP) is 2.03. The maximum absolute atomic E-state index is 12.8. The lowest BCUT2D eigenvalue weighted by Crippen LogP contribution is -2.13. The summed E-state index contributed by atoms with van der Waals surface area (Å²) >= 11 is 0. The van der Waals surface area contributed by atoms with E-state index in [0.717, 1.165) is 30.3 Å². The SMILES string of the molecule is O=C(O)c1cc(S(=O)(=O)Nc2ccc(F)cc2)ccc1O. The van der Waals surface area contributed by atoms with Crippen LogP contribution in [0, 0.1) is 5.82 Å². The summed E-state index contributed by atoms with van der Waals surface area (Å²) in [6.07, 6.45) is 0. The average molecular weight is 311 g/mol. The van der Waals surface area contributed by atoms with Crippen molar-refractivity contribution in [2.24, 2.45) is 0 Å². The number of hydrogen-bond acceptors (Lipinski definition) is 4. The zero-order valence-corrected chi connectivity index (χ0v) is 11.3. The molecule has 2 aromatic rings. The third kappa shape index (κ3) is 3.29. The molecule has 0 amide bonds. The van der Waals surface area contributed by atoms with Crippen LogP contribution in [0.15, 0.2) is 47.4 Å². The first-order chi connectivity index (χ1) is 9.79. The molecule has 0 unspecified atom stereocenters. The summed E-state index contributed by atoms with van der Waals surface area (Å²) in [5.74, 6) is -2.51. The van der Waals surface area contributed by atoms with Crippen LogP contribution in [0.3, 0.4) is 0 Å². The molecule has 0 heterocycles. The smallest absolute Gasteiger partial charge is 0.339 e. The molecule has 0 radical (unpaired) electrons. The van der Waals surface area contributed by atoms with Crippen molar-refractivity contribution in [2.45, 2.75) is 4.90 Å². The first-order valence-electron chi connectivity index (χ1n) is 5.64. The molecule has 110 valence electrons. The van der Waals surface area contributed by atoms with Gasteiger partial charge in [0.1, 0.15) is 17.1 Å². The summed E-state index contributed by atoms with van der Waals surface area (Å²) in [6.45, 7) is 0. The van der Waals surface area contributed by atoms with Crippen LogP contribution in [0.25, 0.3) is 0 Å². The van der Waals surface area contributed by atoms with Gasteiger partial charge < -0.3 is 10.2 Å². The van der Waals surface area contributed by atoms with E-state index >= 15 is 0 Å². The monoisotopic (exact) mass is 311 g/mol. The summed E-state index contributed by atoms with van der Waals surface area (Å²) in [7, 11) is -4.05. The van der Waals surface area contributed by atoms with E-state index in [1.54, 1.807) is 0 Å². The van der Waals surface area contributed by atoms with Gasteiger partial charge in [-0.2, -0.15) is 0 Å². The molecule has 0 spiro atoms. The summed E-state index contributed by atoms with van der Waals surface area (Å²) in [5, 5.41) is 18.2. The summed E-state index contributed by atoms with van der Waals surface area (Å²) in [4.78, 5) is 10.5. The molecule has 0 aliphatic rings. The van der Waals surface area contributed by atoms with Gasteiger partial charge in [-0.15, -0.1) is 0 Å². The topological polar surface area (TPSA) is 104 Å². The second-order valence-electron chi connectivity index (χ2n) is 4.10. The Balaban J connectivity index is 2.38. The van der Waals surface area contributed by atoms with Gasteiger partial charge in [0.15, 0.2) is 0 Å². The summed E-state index contributed by atoms with van der Waals surface area (Å²) in [5.41, 5.74) is -0.404. The van der Waals surface area contributed by atoms with Crippen molar-refractivity contribution in [3.8, 4) is 5.75 Å². The van der Waals surface area contributed by atoms with Gasteiger partial charge in [-0.3, -0.25) is 4.72 Å². The number of aromatic hydroxyl groups is 1. The Kier molecular flexibility index (Phi) is 3.81. The molecule has 8 heteroatoms. The molecule has 0 aromatic heterocycles. The lowest BCUT2D eigenvalue weighted by Gasteiger charge is -2.09. The largest absolute Gasteiger partial charge is 0.507 e. The van der Waals surface area contributed by atoms with Crippen molar-refractivity contribution in [2.75, 3.05) is 4.72 Å². The molecule has 2 aromatic carbocycles. The van der Waals surface area contributed by atoms with Gasteiger partial charge >= 0.3 is 5.97 Å². The number of anilines is 1. The fourth-order valence-corrected chi connectivity index (χ4v) is 2.67. The average Bonchev–Trinajstić information content (AvgIpc) is 2.41. The number of benzene rings is 2. The Morgan fingerprint density at radius 1 is 1.10 bits per heavy atom. The highest BCUT2D eigenvalue weighted by Crippen LogP contribution is 2.23. The lowest BCUT2D eigenvalue weighted by atomic mass is 10.2. The van der Waals surface area contributed by atoms with E-state index in [4.69, 9.17) is 5.11 Å². The molecule has 0 bridgehead atoms. The number of aromatic carboxylic acids is 1. The van der Waals surface area contributed by atoms with Gasteiger partial charge in [0.05, 0.1) is 4.90 Å². The van der Waals surface area contributed by atoms with Crippen molar-refractivity contribution in [3.63, 3.8) is 0 Å². The molecule has 0 saturated heterocycles. The number of nitrogens with one attached hydrogen (secondary N) is 1. The minimum Gasteiger partial charge on any atom is -0.507 e. The summed E-state index contributed by atoms with van der Waals surface area (Å²) < 4.78 is 39.1. The van der Waals surface area contributed by atoms with Gasteiger partial charge in [0, 0.05) is 5.69 Å². The summed E-state index contributed by atoms with van der Waals surface area (Å²) in [6, 6.07) is 7.49. The normalized spacial score (nSPS) is 11.1. The molecule has 21 heavy (non-hydrogen) atoms. The highest BCUT2D eigenvalue weighted by Gasteiger charge is 2.19. The second-order valence-corrected chi connectivity index (χ2v) is 5.78. The lowest BCUT2D eigenvalue weighted by molar-refractivity contribution is 0.0693. The minimum atomic E-state index is -4.05. The zero-order chi connectivity index (χ0) is 15.6. The number of rotatable bonds is 4. The molecule has 6 nitrogen and oxygen atoms in total. The fraction of sp³-hybridized carbons (Fsp3) is 0. The van der Waals surface area contributed by atoms with E-state index in [2.05, 4.69) is 4.72 Å². The first kappa shape index (κ1) is 14.8. The Labute approximate surface area is 119 Å². The quantitative estimate of drug-likeness (QED) is 0.801. The highest BCUT2D eigenvalue weighted by molar-refractivity contribution is 7.92. The first-order valence-corrected chi connectivity index (χ1v) is 7.12. The Morgan fingerprint density at radius 3 is 2.29 bits per heavy atom. The van der Waals surface area contributed by atoms with Crippen LogP contribution in [0.1, 0.15) is 10.4 Å². The fourth-order valence-electron chi connectivity index (χ4n) is 1.59. The van der Waals surface area contributed by atoms with Crippen LogP contribution in [0.2, 0.25) is 0 Å². The number of hydrogen-bond donors (Lipinski definition) is 3. The molecular weight excluding hydrogens is 301 g/mol. The number of carboxylic acid groups (broad SMARTS) is 1. The standard InChI is InChI=1S/C13H10FNO5S/c14-8-1-3-9(4-2-8)15-21(19,20)10-5-6-12(16)11(7-10)13(17)18/h1-7,15-16H,(H,17,18). The predicted molar refractivity (Wildman–Crippen MR) is 72.3 cm³/mol. The Hall–Kier alpha value is -2.61. The molecule has 0 aliphatic carbocycles. The molecule has 2 rings (SSSR count). The van der Waals surface area contributed by atoms with Gasteiger partial charge in [0.2, 0.25) is 0 Å². The molecular formula is C13H10FNO5S. The molecule has 0 aliphatic heterocycles. The van der Waals surface area contributed by atoms with Crippen molar-refractivity contribution >= 4 is 21.7 Å². The van der Waals surface area contributed by atoms with Crippen LogP contribution >= 0.6 is 0 Å². The molecule has 3 N–H and O–H groups in total. The number of carbonyl (C=O) groups is 1. The number of phenols is 1. The molecule has 0 saturated carbocycles. The van der Waals surface area contributed by atoms with Crippen LogP contribution < -0.4 is 4.72 Å². The van der Waals surface area contributed by atoms with Crippen LogP contribution in [-0.4, -0.2) is 24.6 Å². The van der Waals surface area contributed by atoms with Crippen molar-refractivity contribution in [1.29, 1.82) is 0 Å². The third-order valence-corrected chi connectivity index (χ3v) is 3.98. The van der Waals surface area contributed by atoms with Crippen LogP contribution in [0.5, 0.6) is 5.75 Å². The van der Waals surface area contributed by atoms with Gasteiger partial charge in [-0.1, -0.05) is 0 Å². The van der Waals surface area contributed by atoms with Crippen molar-refractivity contribution in [1.82, 2.24) is 0 Å². The van der Waals surface area contributed by atoms with E-state index in [-0.39, 0.29) is 10.6 Å². The van der Waals surface area contributed by atoms with Crippen LogP contribution in [0.4, 0.5) is 10.1 Å². The number of carboxylic acids is 1. The Morgan fingerprint density at radius 2 is 1.71 bits per heavy atom. The second kappa shape index (κ2) is 5.41. The number of halogens is 1. The third-order valence-electron chi connectivity index (χ3n) is 2.61. The maximum Gasteiger partial charge on any atom is 0.339 e. The maximum atomic E-state index is 12.8. The van der Waals surface area contributed by atoms with Crippen molar-refractivity contribution < 1.29 is 27.8 Å². The van der Waals surface area contributed by atoms with E-state index in [0.29, 0.717) is 0 Å². The van der Waals surface area contributed by atoms with Crippen LogP contribution in [-0.2, 0) is 10.0 Å². The van der Waals surface area contributed by atoms with Gasteiger partial charge in [0.25, 0.3) is 10.0 Å². The molecule has 0 atom stereocenters. The zero-order valence-electron chi connectivity index (χ0n) is 10.4. The highest BCUT2D eigenvalue weighted by atomic mass is 32.2. The van der Waals surface area contributed by atoms with Gasteiger partial charge in [-0.05, 0) is 42.5 Å². The van der Waals surface area contributed by atoms with Crippen molar-refractivity contribution in [3.05, 3.63) is 53.8 Å². The van der Waals surface area contributed by atoms with E-state index in [1.807, 2.05) is 0 Å². The molecule has 0 fully saturated rings. The number of sulfonamides is 1. The van der Waals surface area contributed by atoms with E-state index < -0.39 is 33.1 Å². The van der Waals surface area contributed by atoms with Gasteiger partial charge in [-0.25, -0.2) is 17.6 Å². The van der Waals surface area contributed by atoms with E-state index in [1.165, 1.54) is 12.1 Å². The Bertz CT molecular complexity index is 787. The minimum absolute atomic E-state index is 0.126. The van der Waals surface area contributed by atoms with E-state index in [9.17, 15) is 22.7 Å².